The number of carbonyl (C=O) groups excluding carboxylic acids is 1. The van der Waals surface area contributed by atoms with Crippen molar-refractivity contribution in [3.05, 3.63) is 54.1 Å². The summed E-state index contributed by atoms with van der Waals surface area (Å²) in [4.78, 5) is 13.6. The Morgan fingerprint density at radius 2 is 1.96 bits per heavy atom. The lowest BCUT2D eigenvalue weighted by Gasteiger charge is -2.17. The SMILES string of the molecule is CCOc1ccccc1CNC(=S)Nc1ccc(N2CCCC2=O)cc1. The molecule has 5 nitrogen and oxygen atoms in total. The molecule has 1 saturated heterocycles. The van der Waals surface area contributed by atoms with Crippen molar-refractivity contribution >= 4 is 34.6 Å². The molecule has 0 spiro atoms. The number of rotatable bonds is 6. The van der Waals surface area contributed by atoms with Crippen LogP contribution in [0.2, 0.25) is 0 Å². The fourth-order valence-electron chi connectivity index (χ4n) is 2.94. The molecule has 1 amide bonds. The number of hydrogen-bond donors (Lipinski definition) is 2. The van der Waals surface area contributed by atoms with Crippen LogP contribution in [-0.4, -0.2) is 24.2 Å². The van der Waals surface area contributed by atoms with Gasteiger partial charge in [0.2, 0.25) is 5.91 Å². The number of thiocarbonyl (C=S) groups is 1. The maximum Gasteiger partial charge on any atom is 0.227 e. The summed E-state index contributed by atoms with van der Waals surface area (Å²) >= 11 is 5.37. The molecule has 1 aliphatic heterocycles. The molecular weight excluding hydrogens is 346 g/mol. The molecule has 6 heteroatoms. The highest BCUT2D eigenvalue weighted by atomic mass is 32.1. The Labute approximate surface area is 159 Å². The van der Waals surface area contributed by atoms with E-state index in [0.29, 0.717) is 24.7 Å². The molecule has 0 bridgehead atoms. The first-order valence-electron chi connectivity index (χ1n) is 8.83. The van der Waals surface area contributed by atoms with Crippen LogP contribution in [0.25, 0.3) is 0 Å². The average molecular weight is 369 g/mol. The molecule has 2 aromatic carbocycles. The standard InChI is InChI=1S/C20H23N3O2S/c1-2-25-18-7-4-3-6-15(18)14-21-20(26)22-16-9-11-17(12-10-16)23-13-5-8-19(23)24/h3-4,6-7,9-12H,2,5,8,13-14H2,1H3,(H2,21,22,26). The third-order valence-corrected chi connectivity index (χ3v) is 4.47. The Balaban J connectivity index is 1.54. The van der Waals surface area contributed by atoms with Crippen LogP contribution in [0, 0.1) is 0 Å². The third kappa shape index (κ3) is 4.52. The van der Waals surface area contributed by atoms with E-state index in [1.807, 2.05) is 60.4 Å². The second-order valence-electron chi connectivity index (χ2n) is 6.04. The second-order valence-corrected chi connectivity index (χ2v) is 6.45. The van der Waals surface area contributed by atoms with E-state index in [-0.39, 0.29) is 5.91 Å². The van der Waals surface area contributed by atoms with Gasteiger partial charge in [-0.2, -0.15) is 0 Å². The Bertz CT molecular complexity index is 777. The molecule has 0 unspecified atom stereocenters. The summed E-state index contributed by atoms with van der Waals surface area (Å²) in [6, 6.07) is 15.7. The second kappa shape index (κ2) is 8.67. The normalized spacial score (nSPS) is 13.6. The Morgan fingerprint density at radius 3 is 2.65 bits per heavy atom. The summed E-state index contributed by atoms with van der Waals surface area (Å²) in [5, 5.41) is 6.91. The van der Waals surface area contributed by atoms with Gasteiger partial charge in [0.25, 0.3) is 0 Å². The summed E-state index contributed by atoms with van der Waals surface area (Å²) < 4.78 is 5.62. The number of nitrogens with zero attached hydrogens (tertiary/aromatic N) is 1. The number of benzene rings is 2. The molecule has 0 radical (unpaired) electrons. The van der Waals surface area contributed by atoms with Gasteiger partial charge in [0.15, 0.2) is 5.11 Å². The lowest BCUT2D eigenvalue weighted by molar-refractivity contribution is -0.117. The summed E-state index contributed by atoms with van der Waals surface area (Å²) in [7, 11) is 0. The van der Waals surface area contributed by atoms with Crippen LogP contribution in [0.15, 0.2) is 48.5 Å². The van der Waals surface area contributed by atoms with Crippen LogP contribution in [-0.2, 0) is 11.3 Å². The molecule has 2 aromatic rings. The third-order valence-electron chi connectivity index (χ3n) is 4.22. The Morgan fingerprint density at radius 1 is 1.19 bits per heavy atom. The Hall–Kier alpha value is -2.60. The molecule has 0 atom stereocenters. The van der Waals surface area contributed by atoms with Crippen molar-refractivity contribution in [2.45, 2.75) is 26.3 Å². The van der Waals surface area contributed by atoms with Crippen LogP contribution in [0.4, 0.5) is 11.4 Å². The van der Waals surface area contributed by atoms with Gasteiger partial charge in [-0.1, -0.05) is 18.2 Å². The summed E-state index contributed by atoms with van der Waals surface area (Å²) in [5.41, 5.74) is 2.87. The topological polar surface area (TPSA) is 53.6 Å². The monoisotopic (exact) mass is 369 g/mol. The minimum absolute atomic E-state index is 0.191. The molecule has 0 aromatic heterocycles. The predicted molar refractivity (Wildman–Crippen MR) is 109 cm³/mol. The van der Waals surface area contributed by atoms with E-state index in [0.717, 1.165) is 35.7 Å². The van der Waals surface area contributed by atoms with Gasteiger partial charge in [0, 0.05) is 36.4 Å². The molecule has 1 aliphatic rings. The van der Waals surface area contributed by atoms with Gasteiger partial charge in [0.05, 0.1) is 6.61 Å². The van der Waals surface area contributed by atoms with E-state index in [1.165, 1.54) is 0 Å². The number of hydrogen-bond acceptors (Lipinski definition) is 3. The predicted octanol–water partition coefficient (Wildman–Crippen LogP) is 3.70. The van der Waals surface area contributed by atoms with Crippen molar-refractivity contribution in [2.75, 3.05) is 23.4 Å². The molecular formula is C20H23N3O2S. The van der Waals surface area contributed by atoms with E-state index >= 15 is 0 Å². The summed E-state index contributed by atoms with van der Waals surface area (Å²) in [6.45, 7) is 3.98. The summed E-state index contributed by atoms with van der Waals surface area (Å²) in [6.07, 6.45) is 1.56. The molecule has 2 N–H and O–H groups in total. The molecule has 1 heterocycles. The number of ether oxygens (including phenoxy) is 1. The summed E-state index contributed by atoms with van der Waals surface area (Å²) in [5.74, 6) is 1.06. The van der Waals surface area contributed by atoms with Crippen molar-refractivity contribution < 1.29 is 9.53 Å². The molecule has 3 rings (SSSR count). The van der Waals surface area contributed by atoms with Crippen LogP contribution in [0.3, 0.4) is 0 Å². The van der Waals surface area contributed by atoms with Crippen molar-refractivity contribution in [3.63, 3.8) is 0 Å². The number of nitrogens with one attached hydrogen (secondary N) is 2. The van der Waals surface area contributed by atoms with Gasteiger partial charge in [-0.25, -0.2) is 0 Å². The average Bonchev–Trinajstić information content (AvgIpc) is 3.08. The lowest BCUT2D eigenvalue weighted by atomic mass is 10.2. The minimum atomic E-state index is 0.191. The number of para-hydroxylation sites is 1. The van der Waals surface area contributed by atoms with Gasteiger partial charge in [-0.05, 0) is 55.9 Å². The van der Waals surface area contributed by atoms with E-state index in [2.05, 4.69) is 10.6 Å². The van der Waals surface area contributed by atoms with Gasteiger partial charge in [-0.15, -0.1) is 0 Å². The van der Waals surface area contributed by atoms with Gasteiger partial charge in [-0.3, -0.25) is 4.79 Å². The first-order chi connectivity index (χ1) is 12.7. The highest BCUT2D eigenvalue weighted by molar-refractivity contribution is 7.80. The molecule has 0 saturated carbocycles. The number of anilines is 2. The highest BCUT2D eigenvalue weighted by Gasteiger charge is 2.21. The fraction of sp³-hybridized carbons (Fsp3) is 0.300. The van der Waals surface area contributed by atoms with Crippen molar-refractivity contribution in [3.8, 4) is 5.75 Å². The van der Waals surface area contributed by atoms with Crippen molar-refractivity contribution in [1.82, 2.24) is 5.32 Å². The zero-order chi connectivity index (χ0) is 18.4. The number of amides is 1. The van der Waals surface area contributed by atoms with E-state index < -0.39 is 0 Å². The highest BCUT2D eigenvalue weighted by Crippen LogP contribution is 2.23. The maximum absolute atomic E-state index is 11.8. The zero-order valence-corrected chi connectivity index (χ0v) is 15.6. The van der Waals surface area contributed by atoms with Crippen LogP contribution < -0.4 is 20.3 Å². The largest absolute Gasteiger partial charge is 0.494 e. The molecule has 136 valence electrons. The lowest BCUT2D eigenvalue weighted by Crippen LogP contribution is -2.28. The molecule has 1 fully saturated rings. The fourth-order valence-corrected chi connectivity index (χ4v) is 3.13. The van der Waals surface area contributed by atoms with E-state index in [1.54, 1.807) is 0 Å². The molecule has 26 heavy (non-hydrogen) atoms. The first kappa shape index (κ1) is 18.2. The van der Waals surface area contributed by atoms with E-state index in [4.69, 9.17) is 17.0 Å². The van der Waals surface area contributed by atoms with Gasteiger partial charge in [0.1, 0.15) is 5.75 Å². The van der Waals surface area contributed by atoms with Crippen molar-refractivity contribution in [1.29, 1.82) is 0 Å². The maximum atomic E-state index is 11.8. The zero-order valence-electron chi connectivity index (χ0n) is 14.8. The Kier molecular flexibility index (Phi) is 6.07. The van der Waals surface area contributed by atoms with Gasteiger partial charge >= 0.3 is 0 Å². The van der Waals surface area contributed by atoms with Crippen LogP contribution >= 0.6 is 12.2 Å². The van der Waals surface area contributed by atoms with Crippen LogP contribution in [0.5, 0.6) is 5.75 Å². The van der Waals surface area contributed by atoms with Crippen molar-refractivity contribution in [2.24, 2.45) is 0 Å². The number of carbonyl (C=O) groups is 1. The minimum Gasteiger partial charge on any atom is -0.494 e. The van der Waals surface area contributed by atoms with E-state index in [9.17, 15) is 4.79 Å². The van der Waals surface area contributed by atoms with Crippen LogP contribution in [0.1, 0.15) is 25.3 Å². The smallest absolute Gasteiger partial charge is 0.227 e. The quantitative estimate of drug-likeness (QED) is 0.761. The van der Waals surface area contributed by atoms with Gasteiger partial charge < -0.3 is 20.3 Å². The molecule has 0 aliphatic carbocycles. The first-order valence-corrected chi connectivity index (χ1v) is 9.24.